The molecular formula is C32H38N6O. The lowest BCUT2D eigenvalue weighted by Gasteiger charge is -2.38. The standard InChI is InChI=1S/C32H38N6O/c1-21-6-3-7-22-8-4-10-29(30(21)22)37-15-13-26-28(19-37)27(16-33)32(39-20-25-9-5-14-36(25)2)35-31(26)38-17-23-11-12-24(18-38)34-23/h3-4,6-8,10,23-25,34H,5,9,11-15,17-20H2,1-2H3/t23?,24?,25-/m0/s1. The Bertz CT molecular complexity index is 1430. The summed E-state index contributed by atoms with van der Waals surface area (Å²) in [5.74, 6) is 1.57. The summed E-state index contributed by atoms with van der Waals surface area (Å²) in [5.41, 5.74) is 5.49. The van der Waals surface area contributed by atoms with E-state index in [0.717, 1.165) is 50.4 Å². The molecule has 5 heterocycles. The van der Waals surface area contributed by atoms with Crippen LogP contribution in [0.4, 0.5) is 11.5 Å². The molecule has 3 saturated heterocycles. The lowest BCUT2D eigenvalue weighted by molar-refractivity contribution is 0.192. The fourth-order valence-corrected chi connectivity index (χ4v) is 7.38. The van der Waals surface area contributed by atoms with Crippen molar-refractivity contribution in [2.75, 3.05) is 49.6 Å². The summed E-state index contributed by atoms with van der Waals surface area (Å²) in [7, 11) is 2.17. The Kier molecular flexibility index (Phi) is 6.33. The van der Waals surface area contributed by atoms with E-state index >= 15 is 0 Å². The highest BCUT2D eigenvalue weighted by Gasteiger charge is 2.36. The number of aromatic nitrogens is 1. The average molecular weight is 523 g/mol. The number of pyridine rings is 1. The van der Waals surface area contributed by atoms with Crippen LogP contribution in [-0.2, 0) is 13.0 Å². The summed E-state index contributed by atoms with van der Waals surface area (Å²) in [6, 6.07) is 17.0. The average Bonchev–Trinajstić information content (AvgIpc) is 3.53. The van der Waals surface area contributed by atoms with Crippen LogP contribution >= 0.6 is 0 Å². The van der Waals surface area contributed by atoms with Gasteiger partial charge in [0.05, 0.1) is 0 Å². The molecule has 1 aromatic heterocycles. The number of ether oxygens (including phenoxy) is 1. The van der Waals surface area contributed by atoms with E-state index in [0.29, 0.717) is 42.7 Å². The molecule has 0 saturated carbocycles. The second-order valence-corrected chi connectivity index (χ2v) is 11.9. The zero-order valence-corrected chi connectivity index (χ0v) is 23.1. The monoisotopic (exact) mass is 522 g/mol. The van der Waals surface area contributed by atoms with Crippen LogP contribution in [0.5, 0.6) is 5.88 Å². The Morgan fingerprint density at radius 1 is 1.03 bits per heavy atom. The van der Waals surface area contributed by atoms with Gasteiger partial charge in [-0.25, -0.2) is 0 Å². The number of nitriles is 1. The number of nitrogens with one attached hydrogen (secondary N) is 1. The van der Waals surface area contributed by atoms with E-state index in [4.69, 9.17) is 9.72 Å². The van der Waals surface area contributed by atoms with E-state index in [1.165, 1.54) is 46.8 Å². The third-order valence-electron chi connectivity index (χ3n) is 9.48. The summed E-state index contributed by atoms with van der Waals surface area (Å²) in [6.07, 6.45) is 5.66. The lowest BCUT2D eigenvalue weighted by atomic mass is 9.94. The number of benzene rings is 2. The minimum Gasteiger partial charge on any atom is -0.475 e. The van der Waals surface area contributed by atoms with Crippen molar-refractivity contribution in [1.82, 2.24) is 15.2 Å². The molecule has 3 fully saturated rings. The number of likely N-dealkylation sites (tertiary alicyclic amines) is 1. The van der Waals surface area contributed by atoms with Crippen LogP contribution in [0, 0.1) is 18.3 Å². The van der Waals surface area contributed by atoms with Crippen LogP contribution in [0.25, 0.3) is 10.8 Å². The summed E-state index contributed by atoms with van der Waals surface area (Å²) in [4.78, 5) is 12.4. The summed E-state index contributed by atoms with van der Waals surface area (Å²) in [6.45, 7) is 7.42. The fourth-order valence-electron chi connectivity index (χ4n) is 7.38. The molecule has 0 amide bonds. The zero-order chi connectivity index (χ0) is 26.5. The van der Waals surface area contributed by atoms with Crippen molar-refractivity contribution in [3.05, 3.63) is 58.7 Å². The van der Waals surface area contributed by atoms with E-state index in [-0.39, 0.29) is 0 Å². The molecule has 7 heteroatoms. The van der Waals surface area contributed by atoms with Crippen molar-refractivity contribution in [2.45, 2.75) is 63.7 Å². The van der Waals surface area contributed by atoms with Crippen LogP contribution < -0.4 is 19.9 Å². The minimum absolute atomic E-state index is 0.378. The molecule has 39 heavy (non-hydrogen) atoms. The SMILES string of the molecule is Cc1cccc2cccc(N3CCc4c(N5CC6CCC(C5)N6)nc(OC[C@@H]5CCCN5C)c(C#N)c4C3)c12. The molecule has 3 atom stereocenters. The van der Waals surface area contributed by atoms with Gasteiger partial charge in [-0.3, -0.25) is 0 Å². The molecule has 2 aromatic carbocycles. The van der Waals surface area contributed by atoms with Crippen molar-refractivity contribution in [2.24, 2.45) is 0 Å². The van der Waals surface area contributed by atoms with E-state index in [1.807, 2.05) is 0 Å². The topological polar surface area (TPSA) is 67.7 Å². The molecule has 3 aromatic rings. The number of fused-ring (bicyclic) bond motifs is 4. The van der Waals surface area contributed by atoms with Gasteiger partial charge in [0.25, 0.3) is 0 Å². The highest BCUT2D eigenvalue weighted by atomic mass is 16.5. The maximum Gasteiger partial charge on any atom is 0.234 e. The molecule has 4 aliphatic rings. The molecular weight excluding hydrogens is 484 g/mol. The summed E-state index contributed by atoms with van der Waals surface area (Å²) in [5, 5.41) is 16.8. The number of rotatable bonds is 5. The number of piperazine rings is 1. The van der Waals surface area contributed by atoms with Crippen molar-refractivity contribution in [1.29, 1.82) is 5.26 Å². The third-order valence-corrected chi connectivity index (χ3v) is 9.48. The first-order chi connectivity index (χ1) is 19.1. The largest absolute Gasteiger partial charge is 0.475 e. The predicted octanol–water partition coefficient (Wildman–Crippen LogP) is 4.39. The van der Waals surface area contributed by atoms with Gasteiger partial charge in [-0.05, 0) is 69.6 Å². The quantitative estimate of drug-likeness (QED) is 0.533. The zero-order valence-electron chi connectivity index (χ0n) is 23.1. The van der Waals surface area contributed by atoms with Crippen LogP contribution in [0.3, 0.4) is 0 Å². The Morgan fingerprint density at radius 3 is 2.56 bits per heavy atom. The van der Waals surface area contributed by atoms with Gasteiger partial charge < -0.3 is 24.8 Å². The highest BCUT2D eigenvalue weighted by molar-refractivity contribution is 5.97. The van der Waals surface area contributed by atoms with Gasteiger partial charge in [-0.15, -0.1) is 0 Å². The van der Waals surface area contributed by atoms with Gasteiger partial charge in [0.15, 0.2) is 0 Å². The molecule has 2 unspecified atom stereocenters. The van der Waals surface area contributed by atoms with Crippen LogP contribution in [-0.4, -0.2) is 67.8 Å². The number of nitrogens with zero attached hydrogens (tertiary/aromatic N) is 5. The number of aryl methyl sites for hydroxylation is 1. The first-order valence-corrected chi connectivity index (χ1v) is 14.6. The van der Waals surface area contributed by atoms with Crippen LogP contribution in [0.15, 0.2) is 36.4 Å². The van der Waals surface area contributed by atoms with Crippen molar-refractivity contribution >= 4 is 22.3 Å². The maximum absolute atomic E-state index is 10.5. The number of hydrogen-bond donors (Lipinski definition) is 1. The predicted molar refractivity (Wildman–Crippen MR) is 156 cm³/mol. The number of anilines is 2. The molecule has 7 rings (SSSR count). The fraction of sp³-hybridized carbons (Fsp3) is 0.500. The number of likely N-dealkylation sites (N-methyl/N-ethyl adjacent to an activating group) is 1. The summed E-state index contributed by atoms with van der Waals surface area (Å²) < 4.78 is 6.44. The maximum atomic E-state index is 10.5. The van der Waals surface area contributed by atoms with Crippen LogP contribution in [0.1, 0.15) is 47.9 Å². The molecule has 0 aliphatic carbocycles. The van der Waals surface area contributed by atoms with Gasteiger partial charge >= 0.3 is 0 Å². The molecule has 4 aliphatic heterocycles. The van der Waals surface area contributed by atoms with Gasteiger partial charge in [0.1, 0.15) is 24.1 Å². The second-order valence-electron chi connectivity index (χ2n) is 11.9. The Morgan fingerprint density at radius 2 is 1.82 bits per heavy atom. The second kappa shape index (κ2) is 10.0. The van der Waals surface area contributed by atoms with Crippen molar-refractivity contribution < 1.29 is 4.74 Å². The first kappa shape index (κ1) is 24.7. The third kappa shape index (κ3) is 4.40. The Balaban J connectivity index is 1.29. The molecule has 2 bridgehead atoms. The van der Waals surface area contributed by atoms with E-state index < -0.39 is 0 Å². The Hall–Kier alpha value is -3.34. The smallest absolute Gasteiger partial charge is 0.234 e. The summed E-state index contributed by atoms with van der Waals surface area (Å²) >= 11 is 0. The van der Waals surface area contributed by atoms with Crippen molar-refractivity contribution in [3.8, 4) is 11.9 Å². The van der Waals surface area contributed by atoms with Gasteiger partial charge in [0, 0.05) is 66.5 Å². The first-order valence-electron chi connectivity index (χ1n) is 14.6. The van der Waals surface area contributed by atoms with E-state index in [2.05, 4.69) is 76.5 Å². The van der Waals surface area contributed by atoms with Gasteiger partial charge in [0.2, 0.25) is 5.88 Å². The number of hydrogen-bond acceptors (Lipinski definition) is 7. The van der Waals surface area contributed by atoms with Crippen molar-refractivity contribution in [3.63, 3.8) is 0 Å². The lowest BCUT2D eigenvalue weighted by Crippen LogP contribution is -2.52. The molecule has 0 spiro atoms. The molecule has 202 valence electrons. The molecule has 1 N–H and O–H groups in total. The Labute approximate surface area is 231 Å². The van der Waals surface area contributed by atoms with E-state index in [1.54, 1.807) is 0 Å². The van der Waals surface area contributed by atoms with Gasteiger partial charge in [-0.1, -0.05) is 30.3 Å². The molecule has 7 nitrogen and oxygen atoms in total. The van der Waals surface area contributed by atoms with Crippen LogP contribution in [0.2, 0.25) is 0 Å². The van der Waals surface area contributed by atoms with E-state index in [9.17, 15) is 5.26 Å². The minimum atomic E-state index is 0.378. The highest BCUT2D eigenvalue weighted by Crippen LogP contribution is 2.39. The molecule has 0 radical (unpaired) electrons. The normalized spacial score (nSPS) is 24.7. The van der Waals surface area contributed by atoms with Gasteiger partial charge in [-0.2, -0.15) is 10.2 Å².